The molecule has 1 aliphatic rings. The van der Waals surface area contributed by atoms with Crippen LogP contribution >= 0.6 is 11.3 Å². The number of hydrogen-bond acceptors (Lipinski definition) is 2. The van der Waals surface area contributed by atoms with E-state index in [0.29, 0.717) is 0 Å². The van der Waals surface area contributed by atoms with Gasteiger partial charge in [-0.1, -0.05) is 178 Å². The fourth-order valence-corrected chi connectivity index (χ4v) is 11.2. The van der Waals surface area contributed by atoms with Gasteiger partial charge in [0.1, 0.15) is 0 Å². The number of anilines is 3. The van der Waals surface area contributed by atoms with Gasteiger partial charge < -0.3 is 4.90 Å². The monoisotopic (exact) mass is 821 g/mol. The fourth-order valence-electron chi connectivity index (χ4n) is 10.2. The van der Waals surface area contributed by atoms with E-state index in [9.17, 15) is 0 Å². The third-order valence-corrected chi connectivity index (χ3v) is 14.4. The predicted octanol–water partition coefficient (Wildman–Crippen LogP) is 17.7. The Morgan fingerprint density at radius 2 is 0.921 bits per heavy atom. The summed E-state index contributed by atoms with van der Waals surface area (Å²) in [5, 5.41) is 5.12. The molecule has 2 heteroatoms. The van der Waals surface area contributed by atoms with Crippen molar-refractivity contribution in [2.45, 2.75) is 19.3 Å². The predicted molar refractivity (Wildman–Crippen MR) is 271 cm³/mol. The van der Waals surface area contributed by atoms with Gasteiger partial charge in [-0.25, -0.2) is 0 Å². The zero-order chi connectivity index (χ0) is 42.1. The molecule has 0 unspecified atom stereocenters. The number of nitrogens with zero attached hydrogens (tertiary/aromatic N) is 1. The van der Waals surface area contributed by atoms with Crippen molar-refractivity contribution in [3.8, 4) is 55.6 Å². The lowest BCUT2D eigenvalue weighted by molar-refractivity contribution is 0.662. The average molecular weight is 822 g/mol. The van der Waals surface area contributed by atoms with Gasteiger partial charge in [-0.3, -0.25) is 0 Å². The molecule has 1 heterocycles. The summed E-state index contributed by atoms with van der Waals surface area (Å²) in [6.07, 6.45) is 0. The molecule has 12 rings (SSSR count). The number of para-hydroxylation sites is 1. The molecule has 1 aliphatic carbocycles. The molecule has 0 saturated heterocycles. The highest BCUT2D eigenvalue weighted by Gasteiger charge is 2.37. The Labute approximate surface area is 372 Å². The van der Waals surface area contributed by atoms with E-state index >= 15 is 0 Å². The maximum atomic E-state index is 2.43. The van der Waals surface area contributed by atoms with Crippen molar-refractivity contribution in [3.05, 3.63) is 236 Å². The van der Waals surface area contributed by atoms with Crippen LogP contribution in [0.5, 0.6) is 0 Å². The van der Waals surface area contributed by atoms with Gasteiger partial charge in [0.25, 0.3) is 0 Å². The van der Waals surface area contributed by atoms with E-state index in [4.69, 9.17) is 0 Å². The molecule has 63 heavy (non-hydrogen) atoms. The largest absolute Gasteiger partial charge is 0.310 e. The third-order valence-electron chi connectivity index (χ3n) is 13.3. The smallest absolute Gasteiger partial charge is 0.0540 e. The molecule has 1 nitrogen and oxygen atoms in total. The number of benzene rings is 10. The van der Waals surface area contributed by atoms with Crippen molar-refractivity contribution in [1.29, 1.82) is 0 Å². The second-order valence-corrected chi connectivity index (χ2v) is 18.4. The number of hydrogen-bond donors (Lipinski definition) is 0. The van der Waals surface area contributed by atoms with Gasteiger partial charge in [0.2, 0.25) is 0 Å². The molecule has 0 bridgehead atoms. The van der Waals surface area contributed by atoms with Crippen LogP contribution in [-0.4, -0.2) is 0 Å². The number of rotatable bonds is 7. The zero-order valence-corrected chi connectivity index (χ0v) is 36.0. The molecule has 0 fully saturated rings. The average Bonchev–Trinajstić information content (AvgIpc) is 3.83. The molecule has 0 radical (unpaired) electrons. The van der Waals surface area contributed by atoms with Gasteiger partial charge in [0, 0.05) is 42.5 Å². The highest BCUT2D eigenvalue weighted by atomic mass is 32.1. The number of fused-ring (bicyclic) bond motifs is 7. The van der Waals surface area contributed by atoms with Crippen LogP contribution in [0.15, 0.2) is 224 Å². The second kappa shape index (κ2) is 14.8. The number of thiophene rings is 1. The summed E-state index contributed by atoms with van der Waals surface area (Å²) < 4.78 is 2.63. The van der Waals surface area contributed by atoms with Crippen LogP contribution in [0.2, 0.25) is 0 Å². The lowest BCUT2D eigenvalue weighted by Gasteiger charge is -2.29. The Kier molecular flexibility index (Phi) is 8.77. The molecule has 0 aliphatic heterocycles. The summed E-state index contributed by atoms with van der Waals surface area (Å²) in [6, 6.07) is 82.9. The lowest BCUT2D eigenvalue weighted by Crippen LogP contribution is -2.16. The molecule has 0 amide bonds. The zero-order valence-electron chi connectivity index (χ0n) is 35.2. The molecule has 1 aromatic heterocycles. The van der Waals surface area contributed by atoms with E-state index in [1.54, 1.807) is 0 Å². The summed E-state index contributed by atoms with van der Waals surface area (Å²) >= 11 is 1.86. The first kappa shape index (κ1) is 37.3. The van der Waals surface area contributed by atoms with Crippen LogP contribution in [0, 0.1) is 0 Å². The fraction of sp³-hybridized carbons (Fsp3) is 0.0492. The van der Waals surface area contributed by atoms with E-state index in [0.717, 1.165) is 17.1 Å². The van der Waals surface area contributed by atoms with Gasteiger partial charge in [-0.2, -0.15) is 0 Å². The van der Waals surface area contributed by atoms with Crippen molar-refractivity contribution in [2.24, 2.45) is 0 Å². The van der Waals surface area contributed by atoms with Crippen molar-refractivity contribution < 1.29 is 0 Å². The van der Waals surface area contributed by atoms with E-state index in [1.807, 2.05) is 11.3 Å². The maximum Gasteiger partial charge on any atom is 0.0540 e. The van der Waals surface area contributed by atoms with Crippen LogP contribution in [-0.2, 0) is 5.41 Å². The summed E-state index contributed by atoms with van der Waals surface area (Å²) in [5.41, 5.74) is 18.4. The summed E-state index contributed by atoms with van der Waals surface area (Å²) in [4.78, 5) is 2.43. The van der Waals surface area contributed by atoms with E-state index in [1.165, 1.54) is 97.7 Å². The molecule has 298 valence electrons. The van der Waals surface area contributed by atoms with E-state index in [-0.39, 0.29) is 5.41 Å². The van der Waals surface area contributed by atoms with Crippen molar-refractivity contribution in [1.82, 2.24) is 0 Å². The normalized spacial score (nSPS) is 12.7. The van der Waals surface area contributed by atoms with Gasteiger partial charge in [-0.15, -0.1) is 11.3 Å². The summed E-state index contributed by atoms with van der Waals surface area (Å²) in [6.45, 7) is 4.74. The van der Waals surface area contributed by atoms with Gasteiger partial charge in [0.05, 0.1) is 5.69 Å². The molecule has 0 N–H and O–H groups in total. The van der Waals surface area contributed by atoms with E-state index in [2.05, 4.69) is 243 Å². The summed E-state index contributed by atoms with van der Waals surface area (Å²) in [5.74, 6) is 0. The molecule has 10 aromatic carbocycles. The topological polar surface area (TPSA) is 3.24 Å². The molecule has 11 aromatic rings. The highest BCUT2D eigenvalue weighted by Crippen LogP contribution is 2.52. The van der Waals surface area contributed by atoms with Crippen LogP contribution in [0.3, 0.4) is 0 Å². The molecule has 0 saturated carbocycles. The second-order valence-electron chi connectivity index (χ2n) is 17.3. The van der Waals surface area contributed by atoms with Crippen molar-refractivity contribution in [2.75, 3.05) is 4.90 Å². The highest BCUT2D eigenvalue weighted by molar-refractivity contribution is 7.25. The standard InChI is InChI=1S/C61H43NS/c1-61(2)56-22-8-5-18-52(56)54-21-12-20-51(60(54)61)42-29-34-49(35-30-42)62(57-23-9-6-17-50(57)47-31-36-59-55(39-47)53-19-7-10-24-58(53)63-59)48-32-27-41(28-33-48)44-15-11-16-45(37-44)46-26-25-40-13-3-4-14-43(40)38-46/h3-39H,1-2H3. The Hall–Kier alpha value is -7.52. The van der Waals surface area contributed by atoms with Crippen LogP contribution in [0.1, 0.15) is 25.0 Å². The van der Waals surface area contributed by atoms with Gasteiger partial charge in [0.15, 0.2) is 0 Å². The first-order valence-electron chi connectivity index (χ1n) is 21.8. The van der Waals surface area contributed by atoms with Gasteiger partial charge in [-0.05, 0) is 133 Å². The molecular formula is C61H43NS. The van der Waals surface area contributed by atoms with Crippen LogP contribution in [0.4, 0.5) is 17.1 Å². The minimum Gasteiger partial charge on any atom is -0.310 e. The first-order chi connectivity index (χ1) is 31.0. The first-order valence-corrected chi connectivity index (χ1v) is 22.6. The van der Waals surface area contributed by atoms with Crippen molar-refractivity contribution >= 4 is 59.3 Å². The Morgan fingerprint density at radius 1 is 0.349 bits per heavy atom. The maximum absolute atomic E-state index is 2.43. The Bertz CT molecular complexity index is 3540. The SMILES string of the molecule is CC1(C)c2ccccc2-c2cccc(-c3ccc(N(c4ccc(-c5cccc(-c6ccc7ccccc7c6)c5)cc4)c4ccccc4-c4ccc5sc6ccccc6c5c4)cc3)c21. The molecule has 0 atom stereocenters. The van der Waals surface area contributed by atoms with E-state index < -0.39 is 0 Å². The van der Waals surface area contributed by atoms with Gasteiger partial charge >= 0.3 is 0 Å². The van der Waals surface area contributed by atoms with Crippen molar-refractivity contribution in [3.63, 3.8) is 0 Å². The minimum absolute atomic E-state index is 0.0994. The Balaban J connectivity index is 0.964. The minimum atomic E-state index is -0.0994. The van der Waals surface area contributed by atoms with Crippen LogP contribution in [0.25, 0.3) is 86.6 Å². The lowest BCUT2D eigenvalue weighted by atomic mass is 9.79. The summed E-state index contributed by atoms with van der Waals surface area (Å²) in [7, 11) is 0. The molecular weight excluding hydrogens is 779 g/mol. The quantitative estimate of drug-likeness (QED) is 0.155. The van der Waals surface area contributed by atoms with Crippen LogP contribution < -0.4 is 4.90 Å². The molecule has 0 spiro atoms. The third kappa shape index (κ3) is 6.29. The Morgan fingerprint density at radius 3 is 1.75 bits per heavy atom.